The van der Waals surface area contributed by atoms with Crippen LogP contribution in [0.5, 0.6) is 0 Å². The smallest absolute Gasteiger partial charge is 0.163 e. The Morgan fingerprint density at radius 3 is 2.50 bits per heavy atom. The highest BCUT2D eigenvalue weighted by Crippen LogP contribution is 2.25. The van der Waals surface area contributed by atoms with Gasteiger partial charge in [0.25, 0.3) is 0 Å². The number of anilines is 1. The molecule has 0 saturated heterocycles. The van der Waals surface area contributed by atoms with Crippen molar-refractivity contribution in [1.29, 1.82) is 0 Å². The highest BCUT2D eigenvalue weighted by molar-refractivity contribution is 5.90. The van der Waals surface area contributed by atoms with Crippen LogP contribution in [0.15, 0.2) is 79.1 Å². The number of benzene rings is 2. The average Bonchev–Trinajstić information content (AvgIpc) is 2.73. The Balaban J connectivity index is 1.67. The topological polar surface area (TPSA) is 70.9 Å². The molecule has 0 unspecified atom stereocenters. The lowest BCUT2D eigenvalue weighted by Gasteiger charge is -2.15. The first kappa shape index (κ1) is 16.2. The number of aliphatic hydroxyl groups is 1. The second-order valence-electron chi connectivity index (χ2n) is 5.96. The van der Waals surface area contributed by atoms with Crippen molar-refractivity contribution < 1.29 is 5.11 Å². The molecule has 0 bridgehead atoms. The van der Waals surface area contributed by atoms with Crippen LogP contribution >= 0.6 is 0 Å². The number of aromatic nitrogens is 3. The summed E-state index contributed by atoms with van der Waals surface area (Å²) in [5.74, 6) is 1.30. The van der Waals surface area contributed by atoms with Crippen LogP contribution in [0.2, 0.25) is 0 Å². The van der Waals surface area contributed by atoms with E-state index in [0.717, 1.165) is 22.0 Å². The van der Waals surface area contributed by atoms with E-state index in [0.29, 0.717) is 18.2 Å². The zero-order valence-electron chi connectivity index (χ0n) is 14.1. The molecule has 0 fully saturated rings. The van der Waals surface area contributed by atoms with Crippen molar-refractivity contribution in [2.75, 3.05) is 11.9 Å². The van der Waals surface area contributed by atoms with Gasteiger partial charge in [0.05, 0.1) is 11.6 Å². The molecule has 0 aliphatic rings. The molecule has 2 heterocycles. The van der Waals surface area contributed by atoms with Crippen molar-refractivity contribution in [2.45, 2.75) is 6.10 Å². The number of fused-ring (bicyclic) bond motifs is 1. The van der Waals surface area contributed by atoms with Gasteiger partial charge < -0.3 is 10.4 Å². The standard InChI is InChI=1S/C21H18N4O/c26-19(15-7-2-1-3-8-15)14-23-21-17-10-4-5-11-18(17)24-20(25-21)16-9-6-12-22-13-16/h1-13,19,26H,14H2,(H,23,24,25)/t19-/m0/s1. The maximum atomic E-state index is 10.4. The van der Waals surface area contributed by atoms with E-state index in [-0.39, 0.29) is 0 Å². The van der Waals surface area contributed by atoms with E-state index in [4.69, 9.17) is 0 Å². The molecular weight excluding hydrogens is 324 g/mol. The molecule has 0 aliphatic carbocycles. The van der Waals surface area contributed by atoms with E-state index in [1.165, 1.54) is 0 Å². The van der Waals surface area contributed by atoms with Crippen molar-refractivity contribution in [2.24, 2.45) is 0 Å². The number of nitrogens with one attached hydrogen (secondary N) is 1. The zero-order valence-corrected chi connectivity index (χ0v) is 14.1. The number of hydrogen-bond donors (Lipinski definition) is 2. The molecule has 1 atom stereocenters. The molecule has 0 amide bonds. The third kappa shape index (κ3) is 3.38. The summed E-state index contributed by atoms with van der Waals surface area (Å²) >= 11 is 0. The predicted octanol–water partition coefficient (Wildman–Crippen LogP) is 3.84. The summed E-state index contributed by atoms with van der Waals surface area (Å²) in [5, 5.41) is 14.6. The highest BCUT2D eigenvalue weighted by atomic mass is 16.3. The Labute approximate surface area is 151 Å². The van der Waals surface area contributed by atoms with Crippen molar-refractivity contribution >= 4 is 16.7 Å². The Morgan fingerprint density at radius 2 is 1.69 bits per heavy atom. The Kier molecular flexibility index (Phi) is 4.53. The van der Waals surface area contributed by atoms with Crippen LogP contribution in [0.1, 0.15) is 11.7 Å². The lowest BCUT2D eigenvalue weighted by molar-refractivity contribution is 0.191. The van der Waals surface area contributed by atoms with Gasteiger partial charge in [-0.25, -0.2) is 9.97 Å². The summed E-state index contributed by atoms with van der Waals surface area (Å²) in [7, 11) is 0. The van der Waals surface area contributed by atoms with Gasteiger partial charge in [0.15, 0.2) is 5.82 Å². The second kappa shape index (κ2) is 7.29. The van der Waals surface area contributed by atoms with E-state index < -0.39 is 6.10 Å². The molecule has 2 aromatic carbocycles. The molecule has 0 aliphatic heterocycles. The van der Waals surface area contributed by atoms with Crippen molar-refractivity contribution in [1.82, 2.24) is 15.0 Å². The number of aliphatic hydroxyl groups excluding tert-OH is 1. The SMILES string of the molecule is O[C@@H](CNc1nc(-c2cccnc2)nc2ccccc12)c1ccccc1. The number of para-hydroxylation sites is 1. The molecule has 5 heteroatoms. The fourth-order valence-corrected chi connectivity index (χ4v) is 2.82. The number of rotatable bonds is 5. The van der Waals surface area contributed by atoms with E-state index in [9.17, 15) is 5.11 Å². The third-order valence-corrected chi connectivity index (χ3v) is 4.17. The summed E-state index contributed by atoms with van der Waals surface area (Å²) in [4.78, 5) is 13.4. The Morgan fingerprint density at radius 1 is 0.885 bits per heavy atom. The molecule has 2 aromatic heterocycles. The molecule has 0 spiro atoms. The van der Waals surface area contributed by atoms with Gasteiger partial charge in [0, 0.05) is 29.9 Å². The van der Waals surface area contributed by atoms with E-state index in [1.807, 2.05) is 66.7 Å². The number of nitrogens with zero attached hydrogens (tertiary/aromatic N) is 3. The maximum absolute atomic E-state index is 10.4. The molecular formula is C21H18N4O. The van der Waals surface area contributed by atoms with Crippen LogP contribution in [0.3, 0.4) is 0 Å². The zero-order chi connectivity index (χ0) is 17.8. The van der Waals surface area contributed by atoms with Gasteiger partial charge in [-0.15, -0.1) is 0 Å². The first-order valence-electron chi connectivity index (χ1n) is 8.45. The van der Waals surface area contributed by atoms with Gasteiger partial charge in [-0.2, -0.15) is 0 Å². The van der Waals surface area contributed by atoms with E-state index >= 15 is 0 Å². The lowest BCUT2D eigenvalue weighted by atomic mass is 10.1. The summed E-state index contributed by atoms with van der Waals surface area (Å²) < 4.78 is 0. The van der Waals surface area contributed by atoms with Crippen molar-refractivity contribution in [3.05, 3.63) is 84.7 Å². The minimum Gasteiger partial charge on any atom is -0.387 e. The lowest BCUT2D eigenvalue weighted by Crippen LogP contribution is -2.13. The fraction of sp³-hybridized carbons (Fsp3) is 0.0952. The van der Waals surface area contributed by atoms with E-state index in [2.05, 4.69) is 20.3 Å². The quantitative estimate of drug-likeness (QED) is 0.577. The average molecular weight is 342 g/mol. The molecule has 4 aromatic rings. The Hall–Kier alpha value is -3.31. The van der Waals surface area contributed by atoms with Gasteiger partial charge in [-0.1, -0.05) is 42.5 Å². The normalized spacial score (nSPS) is 12.0. The third-order valence-electron chi connectivity index (χ3n) is 4.17. The summed E-state index contributed by atoms with van der Waals surface area (Å²) in [6, 6.07) is 21.2. The fourth-order valence-electron chi connectivity index (χ4n) is 2.82. The predicted molar refractivity (Wildman–Crippen MR) is 103 cm³/mol. The highest BCUT2D eigenvalue weighted by Gasteiger charge is 2.12. The minimum absolute atomic E-state index is 0.359. The molecule has 2 N–H and O–H groups in total. The summed E-state index contributed by atoms with van der Waals surface area (Å²) in [5.41, 5.74) is 2.56. The largest absolute Gasteiger partial charge is 0.387 e. The Bertz CT molecular complexity index is 1010. The van der Waals surface area contributed by atoms with Crippen LogP contribution in [0.25, 0.3) is 22.3 Å². The summed E-state index contributed by atoms with van der Waals surface area (Å²) in [6.45, 7) is 0.359. The van der Waals surface area contributed by atoms with Crippen LogP contribution in [-0.2, 0) is 0 Å². The molecule has 0 radical (unpaired) electrons. The molecule has 4 rings (SSSR count). The van der Waals surface area contributed by atoms with Gasteiger partial charge in [-0.3, -0.25) is 4.98 Å². The molecule has 26 heavy (non-hydrogen) atoms. The summed E-state index contributed by atoms with van der Waals surface area (Å²) in [6.07, 6.45) is 2.85. The second-order valence-corrected chi connectivity index (χ2v) is 5.96. The van der Waals surface area contributed by atoms with E-state index in [1.54, 1.807) is 12.4 Å². The number of pyridine rings is 1. The van der Waals surface area contributed by atoms with Crippen molar-refractivity contribution in [3.8, 4) is 11.4 Å². The number of hydrogen-bond acceptors (Lipinski definition) is 5. The molecule has 0 saturated carbocycles. The van der Waals surface area contributed by atoms with Crippen LogP contribution in [0.4, 0.5) is 5.82 Å². The first-order chi connectivity index (χ1) is 12.8. The molecule has 128 valence electrons. The maximum Gasteiger partial charge on any atom is 0.163 e. The van der Waals surface area contributed by atoms with Crippen LogP contribution < -0.4 is 5.32 Å². The van der Waals surface area contributed by atoms with Gasteiger partial charge in [0.2, 0.25) is 0 Å². The van der Waals surface area contributed by atoms with Gasteiger partial charge in [-0.05, 0) is 29.8 Å². The van der Waals surface area contributed by atoms with Crippen LogP contribution in [0, 0.1) is 0 Å². The minimum atomic E-state index is -0.619. The first-order valence-corrected chi connectivity index (χ1v) is 8.45. The van der Waals surface area contributed by atoms with Gasteiger partial charge in [0.1, 0.15) is 5.82 Å². The monoisotopic (exact) mass is 342 g/mol. The molecule has 5 nitrogen and oxygen atoms in total. The van der Waals surface area contributed by atoms with Gasteiger partial charge >= 0.3 is 0 Å². The van der Waals surface area contributed by atoms with Crippen molar-refractivity contribution in [3.63, 3.8) is 0 Å². The van der Waals surface area contributed by atoms with Crippen LogP contribution in [-0.4, -0.2) is 26.6 Å².